The number of rotatable bonds is 2. The van der Waals surface area contributed by atoms with Crippen LogP contribution < -0.4 is 0 Å². The van der Waals surface area contributed by atoms with Gasteiger partial charge in [0.15, 0.2) is 0 Å². The van der Waals surface area contributed by atoms with Gasteiger partial charge in [-0.25, -0.2) is 0 Å². The molecule has 90 valence electrons. The van der Waals surface area contributed by atoms with E-state index < -0.39 is 0 Å². The monoisotopic (exact) mass is 329 g/mol. The van der Waals surface area contributed by atoms with Crippen molar-refractivity contribution < 1.29 is 18.2 Å². The first-order valence-electron chi connectivity index (χ1n) is 4.30. The van der Waals surface area contributed by atoms with Crippen molar-refractivity contribution in [2.45, 2.75) is 6.54 Å². The van der Waals surface area contributed by atoms with Crippen LogP contribution in [0.3, 0.4) is 0 Å². The minimum absolute atomic E-state index is 0. The minimum atomic E-state index is 0. The van der Waals surface area contributed by atoms with Gasteiger partial charge in [0.2, 0.25) is 6.67 Å². The normalized spacial score (nSPS) is 13.0. The second-order valence-electron chi connectivity index (χ2n) is 2.96. The Morgan fingerprint density at radius 3 is 2.62 bits per heavy atom. The summed E-state index contributed by atoms with van der Waals surface area (Å²) < 4.78 is 0. The average Bonchev–Trinajstić information content (AvgIpc) is 2.68. The van der Waals surface area contributed by atoms with E-state index in [1.54, 1.807) is 6.20 Å². The van der Waals surface area contributed by atoms with Crippen LogP contribution in [0, 0.1) is 14.1 Å². The molecule has 3 nitrogen and oxygen atoms in total. The molecule has 0 bridgehead atoms. The Kier molecular flexibility index (Phi) is 8.28. The third-order valence-corrected chi connectivity index (χ3v) is 1.81. The fourth-order valence-electron chi connectivity index (χ4n) is 1.20. The van der Waals surface area contributed by atoms with Crippen LogP contribution in [-0.2, 0) is 24.7 Å². The molecule has 0 saturated carbocycles. The van der Waals surface area contributed by atoms with Gasteiger partial charge in [-0.2, -0.15) is 0 Å². The number of halogens is 1. The van der Waals surface area contributed by atoms with Gasteiger partial charge in [0, 0.05) is 25.6 Å². The zero-order valence-electron chi connectivity index (χ0n) is 9.21. The van der Waals surface area contributed by atoms with Gasteiger partial charge in [0.05, 0.1) is 12.2 Å². The number of aromatic nitrogens is 1. The second-order valence-corrected chi connectivity index (χ2v) is 2.96. The molecule has 1 aliphatic rings. The van der Waals surface area contributed by atoms with Crippen LogP contribution in [0.25, 0.3) is 0 Å². The molecule has 0 atom stereocenters. The van der Waals surface area contributed by atoms with Crippen molar-refractivity contribution in [2.75, 3.05) is 7.05 Å². The summed E-state index contributed by atoms with van der Waals surface area (Å²) in [5, 5.41) is 0. The van der Waals surface area contributed by atoms with E-state index in [4.69, 9.17) is 0 Å². The van der Waals surface area contributed by atoms with Crippen LogP contribution in [0.4, 0.5) is 0 Å². The molecule has 2 heterocycles. The predicted molar refractivity (Wildman–Crippen MR) is 62.2 cm³/mol. The molecule has 5 heteroatoms. The van der Waals surface area contributed by atoms with Crippen molar-refractivity contribution in [3.05, 3.63) is 56.6 Å². The molecule has 2 radical (unpaired) electrons. The molecule has 0 fully saturated rings. The van der Waals surface area contributed by atoms with E-state index >= 15 is 0 Å². The Hall–Kier alpha value is -0.558. The first-order valence-corrected chi connectivity index (χ1v) is 6.31. The van der Waals surface area contributed by atoms with Gasteiger partial charge >= 0.3 is 27.7 Å². The molecule has 0 aromatic carbocycles. The summed E-state index contributed by atoms with van der Waals surface area (Å²) in [5.41, 5.74) is 1.05. The Bertz CT molecular complexity index is 305. The van der Waals surface area contributed by atoms with Crippen LogP contribution in [-0.4, -0.2) is 21.8 Å². The van der Waals surface area contributed by atoms with Gasteiger partial charge in [-0.3, -0.25) is 4.98 Å². The molecule has 1 aromatic heterocycles. The second kappa shape index (κ2) is 8.58. The van der Waals surface area contributed by atoms with E-state index in [1.165, 1.54) is 0 Å². The van der Waals surface area contributed by atoms with Crippen molar-refractivity contribution in [3.8, 4) is 0 Å². The summed E-state index contributed by atoms with van der Waals surface area (Å²) in [6.45, 7) is 3.90. The molecule has 1 aromatic rings. The molecule has 0 amide bonds. The SMILES string of the molecule is CN1[C]N(Cc2ccccn2)C=C1.[CH3-].[Cl][Pd+]. The van der Waals surface area contributed by atoms with Crippen LogP contribution in [0.2, 0.25) is 0 Å². The molecule has 0 aliphatic carbocycles. The van der Waals surface area contributed by atoms with E-state index in [0.717, 1.165) is 12.2 Å². The summed E-state index contributed by atoms with van der Waals surface area (Å²) in [7, 11) is 6.44. The van der Waals surface area contributed by atoms with Gasteiger partial charge in [-0.1, -0.05) is 6.07 Å². The first kappa shape index (κ1) is 15.4. The fraction of sp³-hybridized carbons (Fsp3) is 0.182. The molecule has 0 unspecified atom stereocenters. The number of hydrogen-bond donors (Lipinski definition) is 0. The van der Waals surface area contributed by atoms with Gasteiger partial charge in [-0.05, 0) is 12.1 Å². The van der Waals surface area contributed by atoms with E-state index in [1.807, 2.05) is 47.4 Å². The Morgan fingerprint density at radius 2 is 2.12 bits per heavy atom. The van der Waals surface area contributed by atoms with Gasteiger partial charge in [-0.15, -0.1) is 0 Å². The van der Waals surface area contributed by atoms with Crippen molar-refractivity contribution in [1.29, 1.82) is 0 Å². The maximum atomic E-state index is 4.49. The third kappa shape index (κ3) is 4.98. The maximum absolute atomic E-state index is 4.49. The van der Waals surface area contributed by atoms with Crippen LogP contribution >= 0.6 is 9.53 Å². The van der Waals surface area contributed by atoms with E-state index in [0.29, 0.717) is 0 Å². The summed E-state index contributed by atoms with van der Waals surface area (Å²) in [6.07, 6.45) is 5.75. The van der Waals surface area contributed by atoms with Crippen LogP contribution in [0.5, 0.6) is 0 Å². The van der Waals surface area contributed by atoms with Crippen molar-refractivity contribution in [2.24, 2.45) is 0 Å². The van der Waals surface area contributed by atoms with Crippen LogP contribution in [0.15, 0.2) is 36.8 Å². The van der Waals surface area contributed by atoms with Crippen molar-refractivity contribution >= 4 is 9.53 Å². The van der Waals surface area contributed by atoms with Crippen molar-refractivity contribution in [1.82, 2.24) is 14.8 Å². The number of pyridine rings is 1. The Labute approximate surface area is 112 Å². The number of nitrogens with zero attached hydrogens (tertiary/aromatic N) is 3. The quantitative estimate of drug-likeness (QED) is 0.613. The molecule has 0 spiro atoms. The summed E-state index contributed by atoms with van der Waals surface area (Å²) >= 11 is 2.22. The van der Waals surface area contributed by atoms with Crippen molar-refractivity contribution in [3.63, 3.8) is 0 Å². The van der Waals surface area contributed by atoms with Gasteiger partial charge < -0.3 is 17.2 Å². The van der Waals surface area contributed by atoms with Gasteiger partial charge in [0.25, 0.3) is 0 Å². The van der Waals surface area contributed by atoms with Gasteiger partial charge in [0.1, 0.15) is 0 Å². The molecule has 0 saturated heterocycles. The molecular formula is C11H14ClN3Pd. The standard InChI is InChI=1S/C10H11N3.CH3.ClH.Pd/c1-12-6-7-13(9-12)8-10-4-2-3-5-11-10;;;/h2-7H,8H2,1H3;1H3;1H;/q;-1;;+2/p-1. The summed E-state index contributed by atoms with van der Waals surface area (Å²) in [6, 6.07) is 5.92. The first-order chi connectivity index (χ1) is 7.34. The zero-order chi connectivity index (χ0) is 11.1. The van der Waals surface area contributed by atoms with E-state index in [9.17, 15) is 0 Å². The van der Waals surface area contributed by atoms with E-state index in [-0.39, 0.29) is 7.43 Å². The summed E-state index contributed by atoms with van der Waals surface area (Å²) in [4.78, 5) is 8.10. The molecular weight excluding hydrogens is 316 g/mol. The van der Waals surface area contributed by atoms with Crippen LogP contribution in [0.1, 0.15) is 5.69 Å². The Balaban J connectivity index is 0.000000711. The fourth-order valence-corrected chi connectivity index (χ4v) is 1.20. The average molecular weight is 330 g/mol. The van der Waals surface area contributed by atoms with E-state index in [2.05, 4.69) is 39.4 Å². The molecule has 1 aliphatic heterocycles. The Morgan fingerprint density at radius 1 is 1.38 bits per heavy atom. The predicted octanol–water partition coefficient (Wildman–Crippen LogP) is 2.43. The number of hydrogen-bond acceptors (Lipinski definition) is 3. The zero-order valence-corrected chi connectivity index (χ0v) is 11.5. The third-order valence-electron chi connectivity index (χ3n) is 1.81. The molecule has 16 heavy (non-hydrogen) atoms. The summed E-state index contributed by atoms with van der Waals surface area (Å²) in [5.74, 6) is 0. The molecule has 0 N–H and O–H groups in total. The molecule has 2 rings (SSSR count). The topological polar surface area (TPSA) is 19.4 Å².